The number of para-hydroxylation sites is 1. The predicted molar refractivity (Wildman–Crippen MR) is 114 cm³/mol. The van der Waals surface area contributed by atoms with Gasteiger partial charge in [0.2, 0.25) is 0 Å². The van der Waals surface area contributed by atoms with Crippen LogP contribution in [0.4, 0.5) is 5.69 Å². The summed E-state index contributed by atoms with van der Waals surface area (Å²) in [6.07, 6.45) is 0. The van der Waals surface area contributed by atoms with Crippen molar-refractivity contribution in [1.82, 2.24) is 9.55 Å². The van der Waals surface area contributed by atoms with E-state index in [0.29, 0.717) is 21.6 Å². The summed E-state index contributed by atoms with van der Waals surface area (Å²) in [6.45, 7) is 5.70. The number of carbonyl (C=O) groups excluding carboxylic acids is 1. The molecule has 140 valence electrons. The van der Waals surface area contributed by atoms with Gasteiger partial charge in [0.05, 0.1) is 21.5 Å². The number of anilines is 1. The minimum absolute atomic E-state index is 0.103. The molecule has 0 spiro atoms. The van der Waals surface area contributed by atoms with Gasteiger partial charge in [0, 0.05) is 10.6 Å². The molecule has 4 aromatic rings. The second-order valence-electron chi connectivity index (χ2n) is 6.68. The molecule has 2 aromatic heterocycles. The maximum atomic E-state index is 13.0. The van der Waals surface area contributed by atoms with Crippen LogP contribution in [0, 0.1) is 20.8 Å². The van der Waals surface area contributed by atoms with Crippen LogP contribution in [0.25, 0.3) is 16.6 Å². The van der Waals surface area contributed by atoms with Gasteiger partial charge < -0.3 is 5.32 Å². The van der Waals surface area contributed by atoms with Gasteiger partial charge in [0.15, 0.2) is 0 Å². The van der Waals surface area contributed by atoms with E-state index in [4.69, 9.17) is 0 Å². The number of amides is 1. The molecule has 1 N–H and O–H groups in total. The molecule has 0 atom stereocenters. The fourth-order valence-electron chi connectivity index (χ4n) is 3.22. The number of fused-ring (bicyclic) bond motifs is 1. The lowest BCUT2D eigenvalue weighted by Gasteiger charge is -2.14. The van der Waals surface area contributed by atoms with Crippen LogP contribution in [-0.2, 0) is 0 Å². The van der Waals surface area contributed by atoms with Crippen LogP contribution in [-0.4, -0.2) is 15.5 Å². The standard InChI is InChI=1S/C22H19N3O2S/c1-13-12-16(9-10-18(13)24-21(26)20-11-8-14(2)28-20)25-15(3)23-19-7-5-4-6-17(19)22(25)27/h4-12H,1-3H3,(H,24,26). The molecule has 0 saturated carbocycles. The SMILES string of the molecule is Cc1ccc(C(=O)Nc2ccc(-n3c(C)nc4ccccc4c3=O)cc2C)s1. The highest BCUT2D eigenvalue weighted by Gasteiger charge is 2.13. The molecule has 0 saturated heterocycles. The number of nitrogens with one attached hydrogen (secondary N) is 1. The molecule has 0 fully saturated rings. The Kier molecular flexibility index (Phi) is 4.57. The predicted octanol–water partition coefficient (Wildman–Crippen LogP) is 4.62. The molecular formula is C22H19N3O2S. The number of thiophene rings is 1. The Hall–Kier alpha value is -3.25. The number of nitrogens with zero attached hydrogens (tertiary/aromatic N) is 2. The molecular weight excluding hydrogens is 370 g/mol. The van der Waals surface area contributed by atoms with Crippen molar-refractivity contribution in [1.29, 1.82) is 0 Å². The third-order valence-electron chi connectivity index (χ3n) is 4.62. The summed E-state index contributed by atoms with van der Waals surface area (Å²) in [4.78, 5) is 31.7. The van der Waals surface area contributed by atoms with E-state index in [-0.39, 0.29) is 11.5 Å². The van der Waals surface area contributed by atoms with Crippen molar-refractivity contribution in [3.63, 3.8) is 0 Å². The summed E-state index contributed by atoms with van der Waals surface area (Å²) in [5, 5.41) is 3.53. The normalized spacial score (nSPS) is 11.0. The second kappa shape index (κ2) is 7.05. The molecule has 0 aliphatic rings. The first-order chi connectivity index (χ1) is 13.4. The molecule has 28 heavy (non-hydrogen) atoms. The van der Waals surface area contributed by atoms with Crippen molar-refractivity contribution in [2.45, 2.75) is 20.8 Å². The molecule has 0 unspecified atom stereocenters. The number of benzene rings is 2. The summed E-state index contributed by atoms with van der Waals surface area (Å²) < 4.78 is 1.60. The van der Waals surface area contributed by atoms with Gasteiger partial charge in [-0.1, -0.05) is 12.1 Å². The highest BCUT2D eigenvalue weighted by atomic mass is 32.1. The molecule has 6 heteroatoms. The average molecular weight is 389 g/mol. The molecule has 0 aliphatic heterocycles. The van der Waals surface area contributed by atoms with Crippen LogP contribution in [0.3, 0.4) is 0 Å². The summed E-state index contributed by atoms with van der Waals surface area (Å²) in [5.41, 5.74) is 2.91. The maximum absolute atomic E-state index is 13.0. The van der Waals surface area contributed by atoms with Crippen LogP contribution in [0.1, 0.15) is 25.9 Å². The van der Waals surface area contributed by atoms with E-state index in [0.717, 1.165) is 21.8 Å². The molecule has 0 radical (unpaired) electrons. The fraction of sp³-hybridized carbons (Fsp3) is 0.136. The van der Waals surface area contributed by atoms with Crippen molar-refractivity contribution in [2.75, 3.05) is 5.32 Å². The van der Waals surface area contributed by atoms with Gasteiger partial charge in [0.1, 0.15) is 5.82 Å². The summed E-state index contributed by atoms with van der Waals surface area (Å²) in [6, 6.07) is 16.6. The zero-order chi connectivity index (χ0) is 19.8. The maximum Gasteiger partial charge on any atom is 0.265 e. The van der Waals surface area contributed by atoms with Crippen molar-refractivity contribution in [2.24, 2.45) is 0 Å². The Morgan fingerprint density at radius 1 is 1.04 bits per heavy atom. The van der Waals surface area contributed by atoms with Crippen molar-refractivity contribution < 1.29 is 4.79 Å². The van der Waals surface area contributed by atoms with Gasteiger partial charge in [0.25, 0.3) is 11.5 Å². The zero-order valence-corrected chi connectivity index (χ0v) is 16.6. The molecule has 0 bridgehead atoms. The number of hydrogen-bond donors (Lipinski definition) is 1. The summed E-state index contributed by atoms with van der Waals surface area (Å²) in [7, 11) is 0. The number of hydrogen-bond acceptors (Lipinski definition) is 4. The quantitative estimate of drug-likeness (QED) is 0.556. The van der Waals surface area contributed by atoms with Crippen molar-refractivity contribution in [3.05, 3.63) is 86.1 Å². The number of carbonyl (C=O) groups is 1. The third-order valence-corrected chi connectivity index (χ3v) is 5.62. The van der Waals surface area contributed by atoms with Crippen molar-refractivity contribution in [3.8, 4) is 5.69 Å². The topological polar surface area (TPSA) is 64.0 Å². The highest BCUT2D eigenvalue weighted by Crippen LogP contribution is 2.22. The number of aryl methyl sites for hydroxylation is 3. The monoisotopic (exact) mass is 389 g/mol. The smallest absolute Gasteiger partial charge is 0.265 e. The summed E-state index contributed by atoms with van der Waals surface area (Å²) in [5.74, 6) is 0.489. The van der Waals surface area contributed by atoms with Crippen LogP contribution < -0.4 is 10.9 Å². The van der Waals surface area contributed by atoms with E-state index in [1.54, 1.807) is 10.6 Å². The average Bonchev–Trinajstić information content (AvgIpc) is 3.10. The lowest BCUT2D eigenvalue weighted by atomic mass is 10.1. The molecule has 0 aliphatic carbocycles. The molecule has 2 heterocycles. The minimum atomic E-state index is -0.130. The van der Waals surface area contributed by atoms with Crippen LogP contribution in [0.15, 0.2) is 59.4 Å². The summed E-state index contributed by atoms with van der Waals surface area (Å²) >= 11 is 1.46. The number of aromatic nitrogens is 2. The molecule has 5 nitrogen and oxygen atoms in total. The van der Waals surface area contributed by atoms with E-state index in [9.17, 15) is 9.59 Å². The first-order valence-corrected chi connectivity index (χ1v) is 9.73. The Balaban J connectivity index is 1.71. The Labute approximate surface area is 166 Å². The molecule has 4 rings (SSSR count). The number of rotatable bonds is 3. The molecule has 2 aromatic carbocycles. The van der Waals surface area contributed by atoms with E-state index in [1.807, 2.05) is 69.3 Å². The van der Waals surface area contributed by atoms with Crippen LogP contribution >= 0.6 is 11.3 Å². The van der Waals surface area contributed by atoms with Gasteiger partial charge in [-0.15, -0.1) is 11.3 Å². The highest BCUT2D eigenvalue weighted by molar-refractivity contribution is 7.14. The van der Waals surface area contributed by atoms with E-state index in [1.165, 1.54) is 11.3 Å². The van der Waals surface area contributed by atoms with Gasteiger partial charge in [-0.05, 0) is 68.8 Å². The minimum Gasteiger partial charge on any atom is -0.321 e. The van der Waals surface area contributed by atoms with E-state index < -0.39 is 0 Å². The van der Waals surface area contributed by atoms with E-state index in [2.05, 4.69) is 10.3 Å². The van der Waals surface area contributed by atoms with Gasteiger partial charge in [-0.2, -0.15) is 0 Å². The first-order valence-electron chi connectivity index (χ1n) is 8.91. The fourth-order valence-corrected chi connectivity index (χ4v) is 3.98. The Morgan fingerprint density at radius 3 is 2.54 bits per heavy atom. The van der Waals surface area contributed by atoms with E-state index >= 15 is 0 Å². The van der Waals surface area contributed by atoms with Crippen LogP contribution in [0.5, 0.6) is 0 Å². The van der Waals surface area contributed by atoms with Gasteiger partial charge in [-0.25, -0.2) is 4.98 Å². The second-order valence-corrected chi connectivity index (χ2v) is 7.97. The van der Waals surface area contributed by atoms with Crippen LogP contribution in [0.2, 0.25) is 0 Å². The lowest BCUT2D eigenvalue weighted by Crippen LogP contribution is -2.22. The first kappa shape index (κ1) is 18.1. The zero-order valence-electron chi connectivity index (χ0n) is 15.8. The third kappa shape index (κ3) is 3.23. The van der Waals surface area contributed by atoms with Gasteiger partial charge >= 0.3 is 0 Å². The largest absolute Gasteiger partial charge is 0.321 e. The Morgan fingerprint density at radius 2 is 1.82 bits per heavy atom. The van der Waals surface area contributed by atoms with Crippen molar-refractivity contribution >= 4 is 33.8 Å². The molecule has 1 amide bonds. The lowest BCUT2D eigenvalue weighted by molar-refractivity contribution is 0.103. The Bertz CT molecular complexity index is 1270. The van der Waals surface area contributed by atoms with Gasteiger partial charge in [-0.3, -0.25) is 14.2 Å².